The maximum atomic E-state index is 12.9. The summed E-state index contributed by atoms with van der Waals surface area (Å²) in [5.41, 5.74) is 1.48. The van der Waals surface area contributed by atoms with Gasteiger partial charge in [-0.3, -0.25) is 14.4 Å². The maximum absolute atomic E-state index is 12.9. The highest BCUT2D eigenvalue weighted by Crippen LogP contribution is 2.44. The lowest BCUT2D eigenvalue weighted by Crippen LogP contribution is -2.45. The van der Waals surface area contributed by atoms with Crippen molar-refractivity contribution in [2.24, 2.45) is 0 Å². The van der Waals surface area contributed by atoms with Gasteiger partial charge in [-0.05, 0) is 42.7 Å². The number of carboxylic acid groups (broad SMARTS) is 1. The van der Waals surface area contributed by atoms with Crippen LogP contribution in [-0.4, -0.2) is 29.4 Å². The van der Waals surface area contributed by atoms with E-state index in [9.17, 15) is 14.4 Å². The number of nitrogens with one attached hydrogen (secondary N) is 2. The number of hydrogen-bond donors (Lipinski definition) is 3. The van der Waals surface area contributed by atoms with Gasteiger partial charge in [-0.1, -0.05) is 36.8 Å². The predicted molar refractivity (Wildman–Crippen MR) is 97.0 cm³/mol. The zero-order valence-electron chi connectivity index (χ0n) is 14.2. The first-order valence-electron chi connectivity index (χ1n) is 8.48. The summed E-state index contributed by atoms with van der Waals surface area (Å²) in [5, 5.41) is 13.8. The van der Waals surface area contributed by atoms with Gasteiger partial charge in [-0.2, -0.15) is 0 Å². The maximum Gasteiger partial charge on any atom is 0.322 e. The van der Waals surface area contributed by atoms with Gasteiger partial charge in [0.2, 0.25) is 5.91 Å². The van der Waals surface area contributed by atoms with Crippen LogP contribution in [0, 0.1) is 0 Å². The Kier molecular flexibility index (Phi) is 5.02. The minimum Gasteiger partial charge on any atom is -0.480 e. The van der Waals surface area contributed by atoms with E-state index in [4.69, 9.17) is 5.11 Å². The fourth-order valence-corrected chi connectivity index (χ4v) is 3.15. The van der Waals surface area contributed by atoms with Crippen LogP contribution in [0.4, 0.5) is 5.69 Å². The molecule has 0 spiro atoms. The van der Waals surface area contributed by atoms with E-state index in [-0.39, 0.29) is 5.91 Å². The average molecular weight is 352 g/mol. The van der Waals surface area contributed by atoms with Crippen molar-refractivity contribution in [3.8, 4) is 0 Å². The monoisotopic (exact) mass is 352 g/mol. The van der Waals surface area contributed by atoms with Gasteiger partial charge in [0.1, 0.15) is 6.54 Å². The molecule has 0 heterocycles. The molecule has 1 aliphatic rings. The Morgan fingerprint density at radius 2 is 1.62 bits per heavy atom. The van der Waals surface area contributed by atoms with E-state index in [1.165, 1.54) is 0 Å². The van der Waals surface area contributed by atoms with Gasteiger partial charge in [0.05, 0.1) is 5.41 Å². The third kappa shape index (κ3) is 3.59. The van der Waals surface area contributed by atoms with Crippen molar-refractivity contribution in [2.45, 2.75) is 24.7 Å². The molecule has 26 heavy (non-hydrogen) atoms. The quantitative estimate of drug-likeness (QED) is 0.744. The number of anilines is 1. The molecule has 6 heteroatoms. The molecule has 2 aromatic carbocycles. The zero-order chi connectivity index (χ0) is 18.6. The molecule has 3 rings (SSSR count). The van der Waals surface area contributed by atoms with Crippen LogP contribution in [0.1, 0.15) is 35.2 Å². The normalized spacial score (nSPS) is 14.8. The number of carbonyl (C=O) groups is 3. The Morgan fingerprint density at radius 3 is 2.15 bits per heavy atom. The number of carboxylic acids is 1. The fraction of sp³-hybridized carbons (Fsp3) is 0.250. The molecule has 0 bridgehead atoms. The predicted octanol–water partition coefficient (Wildman–Crippen LogP) is 2.56. The summed E-state index contributed by atoms with van der Waals surface area (Å²) in [6, 6.07) is 16.2. The minimum absolute atomic E-state index is 0.0435. The minimum atomic E-state index is -1.10. The lowest BCUT2D eigenvalue weighted by atomic mass is 9.64. The van der Waals surface area contributed by atoms with Gasteiger partial charge in [0, 0.05) is 11.3 Å². The number of benzene rings is 2. The van der Waals surface area contributed by atoms with Crippen molar-refractivity contribution in [2.75, 3.05) is 11.9 Å². The van der Waals surface area contributed by atoms with Gasteiger partial charge >= 0.3 is 5.97 Å². The molecule has 1 fully saturated rings. The van der Waals surface area contributed by atoms with Gasteiger partial charge in [0.25, 0.3) is 5.91 Å². The first-order valence-corrected chi connectivity index (χ1v) is 8.48. The fourth-order valence-electron chi connectivity index (χ4n) is 3.15. The second-order valence-electron chi connectivity index (χ2n) is 6.41. The average Bonchev–Trinajstić information content (AvgIpc) is 2.60. The summed E-state index contributed by atoms with van der Waals surface area (Å²) >= 11 is 0. The highest BCUT2D eigenvalue weighted by molar-refractivity contribution is 6.01. The number of amides is 2. The van der Waals surface area contributed by atoms with Crippen LogP contribution >= 0.6 is 0 Å². The van der Waals surface area contributed by atoms with Crippen molar-refractivity contribution in [1.82, 2.24) is 5.32 Å². The smallest absolute Gasteiger partial charge is 0.322 e. The Balaban J connectivity index is 1.68. The highest BCUT2D eigenvalue weighted by atomic mass is 16.4. The molecule has 2 amide bonds. The Bertz CT molecular complexity index is 811. The lowest BCUT2D eigenvalue weighted by Gasteiger charge is -2.40. The summed E-state index contributed by atoms with van der Waals surface area (Å²) in [7, 11) is 0. The summed E-state index contributed by atoms with van der Waals surface area (Å²) < 4.78 is 0. The van der Waals surface area contributed by atoms with Crippen LogP contribution in [0.2, 0.25) is 0 Å². The molecule has 0 radical (unpaired) electrons. The van der Waals surface area contributed by atoms with Crippen molar-refractivity contribution >= 4 is 23.5 Å². The largest absolute Gasteiger partial charge is 0.480 e. The molecule has 0 aromatic heterocycles. The molecule has 6 nitrogen and oxygen atoms in total. The van der Waals surface area contributed by atoms with Crippen LogP contribution in [0.3, 0.4) is 0 Å². The number of rotatable bonds is 6. The SMILES string of the molecule is O=C(O)CNC(=O)c1ccc(NC(=O)C2(c3ccccc3)CCC2)cc1. The highest BCUT2D eigenvalue weighted by Gasteiger charge is 2.45. The molecular formula is C20H20N2O4. The van der Waals surface area contributed by atoms with Crippen LogP contribution in [0.5, 0.6) is 0 Å². The van der Waals surface area contributed by atoms with E-state index in [2.05, 4.69) is 10.6 Å². The Morgan fingerprint density at radius 1 is 0.962 bits per heavy atom. The van der Waals surface area contributed by atoms with E-state index in [0.717, 1.165) is 24.8 Å². The third-order valence-corrected chi connectivity index (χ3v) is 4.77. The molecule has 0 unspecified atom stereocenters. The van der Waals surface area contributed by atoms with Gasteiger partial charge in [-0.15, -0.1) is 0 Å². The third-order valence-electron chi connectivity index (χ3n) is 4.77. The molecule has 1 saturated carbocycles. The summed E-state index contributed by atoms with van der Waals surface area (Å²) in [4.78, 5) is 35.2. The summed E-state index contributed by atoms with van der Waals surface area (Å²) in [6.07, 6.45) is 2.65. The molecule has 134 valence electrons. The second kappa shape index (κ2) is 7.39. The van der Waals surface area contributed by atoms with Crippen LogP contribution < -0.4 is 10.6 Å². The van der Waals surface area contributed by atoms with E-state index in [1.807, 2.05) is 30.3 Å². The van der Waals surface area contributed by atoms with Crippen molar-refractivity contribution in [3.63, 3.8) is 0 Å². The molecular weight excluding hydrogens is 332 g/mol. The van der Waals surface area contributed by atoms with E-state index in [0.29, 0.717) is 11.3 Å². The van der Waals surface area contributed by atoms with Crippen LogP contribution in [-0.2, 0) is 15.0 Å². The zero-order valence-corrected chi connectivity index (χ0v) is 14.2. The number of carbonyl (C=O) groups excluding carboxylic acids is 2. The molecule has 1 aliphatic carbocycles. The second-order valence-corrected chi connectivity index (χ2v) is 6.41. The summed E-state index contributed by atoms with van der Waals surface area (Å²) in [6.45, 7) is -0.434. The topological polar surface area (TPSA) is 95.5 Å². The van der Waals surface area contributed by atoms with Gasteiger partial charge < -0.3 is 15.7 Å². The lowest BCUT2D eigenvalue weighted by molar-refractivity contribution is -0.135. The molecule has 3 N–H and O–H groups in total. The first kappa shape index (κ1) is 17.7. The van der Waals surface area contributed by atoms with Gasteiger partial charge in [0.15, 0.2) is 0 Å². The van der Waals surface area contributed by atoms with Crippen molar-refractivity contribution in [3.05, 3.63) is 65.7 Å². The molecule has 0 saturated heterocycles. The Hall–Kier alpha value is -3.15. The molecule has 0 atom stereocenters. The standard InChI is InChI=1S/C20H20N2O4/c23-17(24)13-21-18(25)14-7-9-16(10-8-14)22-19(26)20(11-4-12-20)15-5-2-1-3-6-15/h1-3,5-10H,4,11-13H2,(H,21,25)(H,22,26)(H,23,24). The van der Waals surface area contributed by atoms with Crippen molar-refractivity contribution in [1.29, 1.82) is 0 Å². The van der Waals surface area contributed by atoms with Crippen LogP contribution in [0.15, 0.2) is 54.6 Å². The summed E-state index contributed by atoms with van der Waals surface area (Å²) in [5.74, 6) is -1.61. The van der Waals surface area contributed by atoms with Crippen LogP contribution in [0.25, 0.3) is 0 Å². The molecule has 0 aliphatic heterocycles. The van der Waals surface area contributed by atoms with Gasteiger partial charge in [-0.25, -0.2) is 0 Å². The molecule has 2 aromatic rings. The Labute approximate surface area is 151 Å². The number of hydrogen-bond acceptors (Lipinski definition) is 3. The van der Waals surface area contributed by atoms with E-state index >= 15 is 0 Å². The van der Waals surface area contributed by atoms with Crippen molar-refractivity contribution < 1.29 is 19.5 Å². The number of aliphatic carboxylic acids is 1. The van der Waals surface area contributed by atoms with E-state index in [1.54, 1.807) is 24.3 Å². The van der Waals surface area contributed by atoms with E-state index < -0.39 is 23.8 Å². The first-order chi connectivity index (χ1) is 12.5.